The molecule has 1 saturated heterocycles. The van der Waals surface area contributed by atoms with Gasteiger partial charge in [-0.25, -0.2) is 4.79 Å². The average Bonchev–Trinajstić information content (AvgIpc) is 3.51. The van der Waals surface area contributed by atoms with Crippen LogP contribution in [0.5, 0.6) is 0 Å². The molecule has 0 unspecified atom stereocenters. The number of hydrogen-bond acceptors (Lipinski definition) is 4. The van der Waals surface area contributed by atoms with E-state index in [1.807, 2.05) is 0 Å². The van der Waals surface area contributed by atoms with Crippen LogP contribution in [-0.4, -0.2) is 57.0 Å². The van der Waals surface area contributed by atoms with Gasteiger partial charge >= 0.3 is 18.1 Å². The Balaban J connectivity index is 0.000000339. The van der Waals surface area contributed by atoms with E-state index in [1.54, 1.807) is 0 Å². The van der Waals surface area contributed by atoms with Gasteiger partial charge in [0.25, 0.3) is 0 Å². The summed E-state index contributed by atoms with van der Waals surface area (Å²) in [5.41, 5.74) is 2.16. The minimum atomic E-state index is -5.08. The number of aliphatic carboxylic acids is 2. The fourth-order valence-corrected chi connectivity index (χ4v) is 4.55. The topological polar surface area (TPSA) is 98.1 Å². The van der Waals surface area contributed by atoms with E-state index >= 15 is 0 Å². The number of likely N-dealkylation sites (tertiary alicyclic amines) is 1. The molecule has 0 spiro atoms. The second-order valence-corrected chi connectivity index (χ2v) is 8.92. The summed E-state index contributed by atoms with van der Waals surface area (Å²) >= 11 is 0. The summed E-state index contributed by atoms with van der Waals surface area (Å²) in [4.78, 5) is 22.3. The highest BCUT2D eigenvalue weighted by Gasteiger charge is 2.51. The molecule has 1 aliphatic heterocycles. The summed E-state index contributed by atoms with van der Waals surface area (Å²) in [6, 6.07) is 9.01. The third-order valence-electron chi connectivity index (χ3n) is 6.54. The molecule has 0 atom stereocenters. The van der Waals surface area contributed by atoms with Crippen molar-refractivity contribution < 1.29 is 38.1 Å². The van der Waals surface area contributed by atoms with E-state index in [0.29, 0.717) is 12.8 Å². The fraction of sp³-hybridized carbons (Fsp3) is 0.636. The highest BCUT2D eigenvalue weighted by atomic mass is 19.4. The number of piperidine rings is 1. The van der Waals surface area contributed by atoms with Crippen LogP contribution in [0.2, 0.25) is 0 Å². The molecular weight excluding hydrogens is 415 g/mol. The first-order valence-corrected chi connectivity index (χ1v) is 10.5. The molecule has 2 saturated carbocycles. The zero-order chi connectivity index (χ0) is 22.8. The summed E-state index contributed by atoms with van der Waals surface area (Å²) in [6.07, 6.45) is 0.429. The fourth-order valence-electron chi connectivity index (χ4n) is 4.55. The maximum atomic E-state index is 11.0. The van der Waals surface area contributed by atoms with Gasteiger partial charge in [-0.2, -0.15) is 13.2 Å². The Morgan fingerprint density at radius 2 is 1.65 bits per heavy atom. The first-order chi connectivity index (χ1) is 14.5. The summed E-state index contributed by atoms with van der Waals surface area (Å²) < 4.78 is 31.7. The number of rotatable bonds is 5. The van der Waals surface area contributed by atoms with Crippen LogP contribution in [0.4, 0.5) is 13.2 Å². The molecule has 2 aliphatic carbocycles. The van der Waals surface area contributed by atoms with Crippen molar-refractivity contribution in [3.05, 3.63) is 35.4 Å². The maximum absolute atomic E-state index is 11.0. The van der Waals surface area contributed by atoms with Crippen molar-refractivity contribution in [3.8, 4) is 0 Å². The lowest BCUT2D eigenvalue weighted by Gasteiger charge is -2.49. The van der Waals surface area contributed by atoms with E-state index in [9.17, 15) is 23.1 Å². The zero-order valence-corrected chi connectivity index (χ0v) is 17.1. The van der Waals surface area contributed by atoms with Gasteiger partial charge in [0.15, 0.2) is 0 Å². The number of nitrogens with zero attached hydrogens (tertiary/aromatic N) is 1. The van der Waals surface area contributed by atoms with Crippen molar-refractivity contribution in [2.24, 2.45) is 11.8 Å². The zero-order valence-electron chi connectivity index (χ0n) is 17.1. The highest BCUT2D eigenvalue weighted by molar-refractivity contribution is 5.73. The summed E-state index contributed by atoms with van der Waals surface area (Å²) in [5, 5.41) is 26.8. The monoisotopic (exact) mass is 443 g/mol. The van der Waals surface area contributed by atoms with E-state index in [1.165, 1.54) is 24.0 Å². The maximum Gasteiger partial charge on any atom is 0.490 e. The van der Waals surface area contributed by atoms with E-state index in [4.69, 9.17) is 15.0 Å². The quantitative estimate of drug-likeness (QED) is 0.643. The largest absolute Gasteiger partial charge is 0.490 e. The van der Waals surface area contributed by atoms with Crippen molar-refractivity contribution in [2.75, 3.05) is 13.1 Å². The Morgan fingerprint density at radius 1 is 1.06 bits per heavy atom. The Morgan fingerprint density at radius 3 is 2.13 bits per heavy atom. The molecule has 6 nitrogen and oxygen atoms in total. The first kappa shape index (κ1) is 23.5. The molecule has 0 radical (unpaired) electrons. The molecule has 0 amide bonds. The number of carboxylic acids is 2. The molecule has 0 bridgehead atoms. The minimum absolute atomic E-state index is 0.266. The Labute approximate surface area is 178 Å². The van der Waals surface area contributed by atoms with E-state index in [-0.39, 0.29) is 11.8 Å². The molecule has 1 heterocycles. The van der Waals surface area contributed by atoms with Crippen LogP contribution in [-0.2, 0) is 16.1 Å². The number of aliphatic hydroxyl groups is 1. The Bertz CT molecular complexity index is 795. The molecule has 3 aliphatic rings. The Kier molecular flexibility index (Phi) is 6.95. The molecule has 1 aromatic rings. The molecule has 1 aromatic carbocycles. The second kappa shape index (κ2) is 9.16. The van der Waals surface area contributed by atoms with Crippen molar-refractivity contribution >= 4 is 11.9 Å². The van der Waals surface area contributed by atoms with E-state index in [0.717, 1.165) is 38.4 Å². The van der Waals surface area contributed by atoms with Crippen LogP contribution in [0, 0.1) is 11.8 Å². The van der Waals surface area contributed by atoms with E-state index < -0.39 is 23.7 Å². The summed E-state index contributed by atoms with van der Waals surface area (Å²) in [6.45, 7) is 2.99. The van der Waals surface area contributed by atoms with Crippen LogP contribution in [0.15, 0.2) is 24.3 Å². The smallest absolute Gasteiger partial charge is 0.481 e. The van der Waals surface area contributed by atoms with Crippen molar-refractivity contribution in [1.82, 2.24) is 4.90 Å². The van der Waals surface area contributed by atoms with Gasteiger partial charge < -0.3 is 15.3 Å². The van der Waals surface area contributed by atoms with Gasteiger partial charge in [0, 0.05) is 6.54 Å². The predicted molar refractivity (Wildman–Crippen MR) is 105 cm³/mol. The number of carboxylic acid groups (broad SMARTS) is 2. The number of benzene rings is 1. The number of hydrogen-bond donors (Lipinski definition) is 3. The molecule has 9 heteroatoms. The lowest BCUT2D eigenvalue weighted by atomic mass is 9.62. The molecule has 0 aromatic heterocycles. The normalized spacial score (nSPS) is 27.0. The second-order valence-electron chi connectivity index (χ2n) is 8.92. The van der Waals surface area contributed by atoms with Gasteiger partial charge in [-0.3, -0.25) is 9.69 Å². The van der Waals surface area contributed by atoms with Crippen LogP contribution in [0.3, 0.4) is 0 Å². The average molecular weight is 443 g/mol. The Hall–Kier alpha value is -2.13. The van der Waals surface area contributed by atoms with Gasteiger partial charge in [-0.1, -0.05) is 24.3 Å². The molecule has 31 heavy (non-hydrogen) atoms. The van der Waals surface area contributed by atoms with Crippen LogP contribution in [0.1, 0.15) is 55.6 Å². The molecular formula is C22H28F3NO5. The molecule has 3 fully saturated rings. The van der Waals surface area contributed by atoms with Gasteiger partial charge in [0.2, 0.25) is 0 Å². The molecule has 172 valence electrons. The van der Waals surface area contributed by atoms with Crippen molar-refractivity contribution in [3.63, 3.8) is 0 Å². The van der Waals surface area contributed by atoms with E-state index in [2.05, 4.69) is 29.2 Å². The van der Waals surface area contributed by atoms with Gasteiger partial charge in [-0.05, 0) is 74.6 Å². The third-order valence-corrected chi connectivity index (χ3v) is 6.54. The predicted octanol–water partition coefficient (Wildman–Crippen LogP) is 3.64. The third kappa shape index (κ3) is 6.20. The summed E-state index contributed by atoms with van der Waals surface area (Å²) in [5.74, 6) is -2.79. The van der Waals surface area contributed by atoms with Gasteiger partial charge in [-0.15, -0.1) is 0 Å². The lowest BCUT2D eigenvalue weighted by Crippen LogP contribution is -2.54. The summed E-state index contributed by atoms with van der Waals surface area (Å²) in [7, 11) is 0. The van der Waals surface area contributed by atoms with Gasteiger partial charge in [0.1, 0.15) is 0 Å². The van der Waals surface area contributed by atoms with Crippen molar-refractivity contribution in [1.29, 1.82) is 0 Å². The number of carbonyl (C=O) groups is 2. The number of halogens is 3. The van der Waals surface area contributed by atoms with Gasteiger partial charge in [0.05, 0.1) is 11.5 Å². The van der Waals surface area contributed by atoms with Crippen LogP contribution in [0.25, 0.3) is 0 Å². The lowest BCUT2D eigenvalue weighted by molar-refractivity contribution is -0.192. The SMILES string of the molecule is O=C(O)C(F)(F)F.O=C(O)C1CC(O)(C2CCN(Cc3cccc(C4CC4)c3)CC2)C1. The first-order valence-electron chi connectivity index (χ1n) is 10.5. The standard InChI is InChI=1S/C20H27NO3.C2HF3O2/c22-19(23)17-11-20(24,12-17)18-6-8-21(9-7-18)13-14-2-1-3-16(10-14)15-4-5-15;3-2(4,5)1(6)7/h1-3,10,15,17-18,24H,4-9,11-13H2,(H,22,23);(H,6,7). The number of alkyl halides is 3. The molecule has 4 rings (SSSR count). The van der Waals surface area contributed by atoms with Crippen LogP contribution >= 0.6 is 0 Å². The van der Waals surface area contributed by atoms with Crippen LogP contribution < -0.4 is 0 Å². The minimum Gasteiger partial charge on any atom is -0.481 e. The molecule has 3 N–H and O–H groups in total. The van der Waals surface area contributed by atoms with Crippen molar-refractivity contribution in [2.45, 2.75) is 62.8 Å². The highest BCUT2D eigenvalue weighted by Crippen LogP contribution is 2.46.